The Morgan fingerprint density at radius 1 is 1.26 bits per heavy atom. The van der Waals surface area contributed by atoms with Crippen molar-refractivity contribution in [3.63, 3.8) is 0 Å². The van der Waals surface area contributed by atoms with E-state index in [1.807, 2.05) is 27.7 Å². The molecule has 1 aromatic carbocycles. The molecule has 0 bridgehead atoms. The quantitative estimate of drug-likeness (QED) is 0.371. The number of benzene rings is 1. The van der Waals surface area contributed by atoms with Gasteiger partial charge in [0.2, 0.25) is 11.8 Å². The summed E-state index contributed by atoms with van der Waals surface area (Å²) in [5, 5.41) is 30.9. The maximum Gasteiger partial charge on any atom is 0.233 e. The average molecular weight is 474 g/mol. The van der Waals surface area contributed by atoms with Crippen LogP contribution in [0.25, 0.3) is 6.08 Å². The number of fused-ring (bicyclic) bond motifs is 1. The lowest BCUT2D eigenvalue weighted by molar-refractivity contribution is -0.140. The minimum atomic E-state index is -0.862. The van der Waals surface area contributed by atoms with Crippen LogP contribution in [0.5, 0.6) is 5.75 Å². The highest BCUT2D eigenvalue weighted by Gasteiger charge is 2.54. The second-order valence-electron chi connectivity index (χ2n) is 9.84. The van der Waals surface area contributed by atoms with Crippen LogP contribution < -0.4 is 0 Å². The Labute approximate surface area is 200 Å². The van der Waals surface area contributed by atoms with E-state index in [1.165, 1.54) is 17.0 Å². The van der Waals surface area contributed by atoms with Crippen molar-refractivity contribution in [3.05, 3.63) is 46.3 Å². The molecule has 1 fully saturated rings. The molecule has 0 radical (unpaired) electrons. The number of amides is 2. The lowest BCUT2D eigenvalue weighted by atomic mass is 9.66. The summed E-state index contributed by atoms with van der Waals surface area (Å²) in [7, 11) is 0. The third-order valence-corrected chi connectivity index (χ3v) is 7.11. The first-order chi connectivity index (χ1) is 16.1. The van der Waals surface area contributed by atoms with E-state index in [0.29, 0.717) is 43.4 Å². The van der Waals surface area contributed by atoms with Crippen LogP contribution >= 0.6 is 0 Å². The molecule has 34 heavy (non-hydrogen) atoms. The third-order valence-electron chi connectivity index (χ3n) is 7.11. The number of aromatic hydroxyl groups is 1. The van der Waals surface area contributed by atoms with Crippen molar-refractivity contribution in [2.24, 2.45) is 23.7 Å². The molecule has 1 saturated heterocycles. The molecule has 3 rings (SSSR count). The third kappa shape index (κ3) is 5.10. The fourth-order valence-electron chi connectivity index (χ4n) is 5.44. The number of carbonyl (C=O) groups excluding carboxylic acids is 2. The molecule has 3 N–H and O–H groups in total. The van der Waals surface area contributed by atoms with E-state index in [0.717, 1.165) is 11.1 Å². The highest BCUT2D eigenvalue weighted by molar-refractivity contribution is 6.05. The number of phenolic OH excluding ortho intramolecular Hbond substituents is 1. The van der Waals surface area contributed by atoms with E-state index in [2.05, 4.69) is 0 Å². The predicted octanol–water partition coefficient (Wildman–Crippen LogP) is 4.05. The number of likely N-dealkylation sites (tertiary alicyclic amines) is 1. The minimum Gasteiger partial charge on any atom is -0.505 e. The van der Waals surface area contributed by atoms with Gasteiger partial charge in [0.15, 0.2) is 11.6 Å². The van der Waals surface area contributed by atoms with E-state index < -0.39 is 35.4 Å². The van der Waals surface area contributed by atoms with Crippen LogP contribution in [-0.4, -0.2) is 51.3 Å². The molecule has 0 unspecified atom stereocenters. The van der Waals surface area contributed by atoms with Crippen LogP contribution in [0, 0.1) is 29.5 Å². The van der Waals surface area contributed by atoms with Crippen molar-refractivity contribution in [1.82, 2.24) is 4.90 Å². The van der Waals surface area contributed by atoms with E-state index in [4.69, 9.17) is 0 Å². The second-order valence-corrected chi connectivity index (χ2v) is 9.84. The number of aliphatic hydroxyl groups is 2. The normalized spacial score (nSPS) is 24.3. The van der Waals surface area contributed by atoms with Gasteiger partial charge in [-0.3, -0.25) is 14.5 Å². The van der Waals surface area contributed by atoms with Crippen molar-refractivity contribution >= 4 is 17.9 Å². The molecule has 7 heteroatoms. The molecule has 186 valence electrons. The number of hydrogen-bond donors (Lipinski definition) is 3. The van der Waals surface area contributed by atoms with Gasteiger partial charge in [-0.05, 0) is 61.8 Å². The number of rotatable bonds is 9. The first-order valence-corrected chi connectivity index (χ1v) is 12.1. The summed E-state index contributed by atoms with van der Waals surface area (Å²) in [5.41, 5.74) is 3.19. The largest absolute Gasteiger partial charge is 0.505 e. The minimum absolute atomic E-state index is 0.0689. The number of carbonyl (C=O) groups is 2. The first-order valence-electron chi connectivity index (χ1n) is 12.1. The number of imide groups is 1. The summed E-state index contributed by atoms with van der Waals surface area (Å²) in [4.78, 5) is 27.4. The number of phenols is 1. The molecule has 2 aliphatic rings. The summed E-state index contributed by atoms with van der Waals surface area (Å²) in [6.45, 7) is 7.89. The van der Waals surface area contributed by atoms with Crippen molar-refractivity contribution in [1.29, 1.82) is 0 Å². The predicted molar refractivity (Wildman–Crippen MR) is 128 cm³/mol. The van der Waals surface area contributed by atoms with Gasteiger partial charge in [0.25, 0.3) is 0 Å². The topological polar surface area (TPSA) is 98.1 Å². The van der Waals surface area contributed by atoms with Crippen LogP contribution in [0.15, 0.2) is 34.9 Å². The van der Waals surface area contributed by atoms with Crippen molar-refractivity contribution in [2.75, 3.05) is 13.2 Å². The Balaban J connectivity index is 1.84. The fourth-order valence-corrected chi connectivity index (χ4v) is 5.44. The van der Waals surface area contributed by atoms with Crippen LogP contribution in [0.2, 0.25) is 0 Å². The molecule has 0 aromatic heterocycles. The van der Waals surface area contributed by atoms with Crippen LogP contribution in [0.1, 0.15) is 58.9 Å². The van der Waals surface area contributed by atoms with E-state index >= 15 is 0 Å². The molecular formula is C27H36FNO5. The Morgan fingerprint density at radius 2 is 1.97 bits per heavy atom. The smallest absolute Gasteiger partial charge is 0.233 e. The van der Waals surface area contributed by atoms with Crippen molar-refractivity contribution < 1.29 is 29.3 Å². The summed E-state index contributed by atoms with van der Waals surface area (Å²) < 4.78 is 13.6. The SMILES string of the molecule is CCCN1C(=O)[C@@H]2[C@@H](CC(C(C)C)=C([C@H](O)CC/C(C)=C/c3ccc(O)c(F)c3)[C@@H]2CO)C1=O. The number of hydrogen-bond acceptors (Lipinski definition) is 5. The zero-order chi connectivity index (χ0) is 25.2. The van der Waals surface area contributed by atoms with Gasteiger partial charge in [-0.1, -0.05) is 44.1 Å². The maximum atomic E-state index is 13.6. The Kier molecular flexibility index (Phi) is 8.31. The lowest BCUT2D eigenvalue weighted by Crippen LogP contribution is -2.39. The van der Waals surface area contributed by atoms with E-state index in [-0.39, 0.29) is 24.3 Å². The fraction of sp³-hybridized carbons (Fsp3) is 0.556. The monoisotopic (exact) mass is 473 g/mol. The van der Waals surface area contributed by atoms with Gasteiger partial charge in [-0.25, -0.2) is 4.39 Å². The lowest BCUT2D eigenvalue weighted by Gasteiger charge is -2.38. The van der Waals surface area contributed by atoms with E-state index in [1.54, 1.807) is 12.1 Å². The van der Waals surface area contributed by atoms with Crippen LogP contribution in [0.3, 0.4) is 0 Å². The van der Waals surface area contributed by atoms with Crippen molar-refractivity contribution in [2.45, 2.75) is 59.5 Å². The number of aliphatic hydroxyl groups excluding tert-OH is 2. The summed E-state index contributed by atoms with van der Waals surface area (Å²) in [5.74, 6) is -3.12. The van der Waals surface area contributed by atoms with E-state index in [9.17, 15) is 29.3 Å². The highest BCUT2D eigenvalue weighted by atomic mass is 19.1. The number of halogens is 1. The highest BCUT2D eigenvalue weighted by Crippen LogP contribution is 2.47. The molecule has 1 heterocycles. The van der Waals surface area contributed by atoms with Gasteiger partial charge >= 0.3 is 0 Å². The summed E-state index contributed by atoms with van der Waals surface area (Å²) in [6.07, 6.45) is 2.95. The van der Waals surface area contributed by atoms with Gasteiger partial charge in [0, 0.05) is 12.5 Å². The number of nitrogens with zero attached hydrogens (tertiary/aromatic N) is 1. The Hall–Kier alpha value is -2.51. The molecule has 1 aliphatic heterocycles. The molecule has 0 saturated carbocycles. The molecule has 1 aromatic rings. The molecule has 4 atom stereocenters. The molecule has 6 nitrogen and oxygen atoms in total. The maximum absolute atomic E-state index is 13.6. The van der Waals surface area contributed by atoms with Crippen LogP contribution in [0.4, 0.5) is 4.39 Å². The molecular weight excluding hydrogens is 437 g/mol. The first kappa shape index (κ1) is 26.1. The molecule has 0 spiro atoms. The number of allylic oxidation sites excluding steroid dienone is 2. The van der Waals surface area contributed by atoms with Gasteiger partial charge in [0.1, 0.15) is 0 Å². The van der Waals surface area contributed by atoms with Gasteiger partial charge in [-0.2, -0.15) is 0 Å². The van der Waals surface area contributed by atoms with Gasteiger partial charge in [0.05, 0.1) is 24.5 Å². The average Bonchev–Trinajstić information content (AvgIpc) is 3.03. The summed E-state index contributed by atoms with van der Waals surface area (Å²) in [6, 6.07) is 4.17. The molecule has 1 aliphatic carbocycles. The van der Waals surface area contributed by atoms with Gasteiger partial charge in [-0.15, -0.1) is 0 Å². The van der Waals surface area contributed by atoms with Crippen molar-refractivity contribution in [3.8, 4) is 5.75 Å². The Morgan fingerprint density at radius 3 is 2.56 bits per heavy atom. The van der Waals surface area contributed by atoms with Gasteiger partial charge < -0.3 is 15.3 Å². The zero-order valence-corrected chi connectivity index (χ0v) is 20.4. The second kappa shape index (κ2) is 10.8. The standard InChI is InChI=1S/C27H36FNO5/c1-5-10-29-26(33)19-13-18(15(2)3)24(20(14-30)25(19)27(29)34)23(32)8-6-16(4)11-17-7-9-22(31)21(28)12-17/h7,9,11-12,15,19-20,23,25,30-32H,5-6,8,10,13-14H2,1-4H3/b16-11+/t19-,20+,23-,25-/m1/s1. The molecule has 2 amide bonds. The summed E-state index contributed by atoms with van der Waals surface area (Å²) >= 11 is 0. The Bertz CT molecular complexity index is 999. The zero-order valence-electron chi connectivity index (χ0n) is 20.4. The van der Waals surface area contributed by atoms with Crippen LogP contribution in [-0.2, 0) is 9.59 Å².